The second-order valence-corrected chi connectivity index (χ2v) is 4.69. The highest BCUT2D eigenvalue weighted by Gasteiger charge is 2.17. The van der Waals surface area contributed by atoms with Crippen molar-refractivity contribution in [3.05, 3.63) is 65.2 Å². The van der Waals surface area contributed by atoms with Gasteiger partial charge in [-0.1, -0.05) is 47.1 Å². The number of carbonyl (C=O) groups is 1. The Morgan fingerprint density at radius 3 is 2.45 bits per heavy atom. The Labute approximate surface area is 128 Å². The Kier molecular flexibility index (Phi) is 5.14. The van der Waals surface area contributed by atoms with E-state index in [0.29, 0.717) is 5.56 Å². The molecule has 0 bridgehead atoms. The quantitative estimate of drug-likeness (QED) is 0.657. The Hall–Kier alpha value is -2.82. The van der Waals surface area contributed by atoms with Gasteiger partial charge in [-0.25, -0.2) is 4.79 Å². The van der Waals surface area contributed by atoms with Crippen LogP contribution in [0.4, 0.5) is 0 Å². The van der Waals surface area contributed by atoms with Crippen molar-refractivity contribution in [3.8, 4) is 5.75 Å². The Morgan fingerprint density at radius 2 is 1.82 bits per heavy atom. The molecule has 5 heteroatoms. The zero-order chi connectivity index (χ0) is 15.9. The summed E-state index contributed by atoms with van der Waals surface area (Å²) in [6.45, 7) is 2.24. The van der Waals surface area contributed by atoms with E-state index in [1.165, 1.54) is 7.11 Å². The van der Waals surface area contributed by atoms with Crippen molar-refractivity contribution in [2.45, 2.75) is 13.5 Å². The fourth-order valence-electron chi connectivity index (χ4n) is 1.97. The molecule has 2 aromatic carbocycles. The van der Waals surface area contributed by atoms with Crippen LogP contribution in [-0.2, 0) is 16.2 Å². The number of aliphatic carboxylic acids is 1. The summed E-state index contributed by atoms with van der Waals surface area (Å²) in [6, 6.07) is 14.7. The first-order valence-corrected chi connectivity index (χ1v) is 6.74. The molecule has 0 unspecified atom stereocenters. The molecule has 0 aromatic heterocycles. The predicted molar refractivity (Wildman–Crippen MR) is 83.1 cm³/mol. The van der Waals surface area contributed by atoms with Crippen LogP contribution in [0.25, 0.3) is 0 Å². The van der Waals surface area contributed by atoms with Crippen LogP contribution in [0.1, 0.15) is 16.7 Å². The number of rotatable bonds is 6. The number of hydrogen-bond acceptors (Lipinski definition) is 4. The smallest absolute Gasteiger partial charge is 0.358 e. The van der Waals surface area contributed by atoms with Crippen molar-refractivity contribution in [2.75, 3.05) is 7.11 Å². The maximum atomic E-state index is 11.3. The molecular formula is C17H17NO4. The summed E-state index contributed by atoms with van der Waals surface area (Å²) in [5.74, 6) is -0.425. The summed E-state index contributed by atoms with van der Waals surface area (Å²) in [4.78, 5) is 15.9. The van der Waals surface area contributed by atoms with Gasteiger partial charge < -0.3 is 14.7 Å². The molecule has 0 spiro atoms. The highest BCUT2D eigenvalue weighted by atomic mass is 16.6. The van der Waals surface area contributed by atoms with Gasteiger partial charge in [-0.05, 0) is 24.6 Å². The van der Waals surface area contributed by atoms with Crippen LogP contribution in [0.5, 0.6) is 5.75 Å². The van der Waals surface area contributed by atoms with Gasteiger partial charge in [-0.15, -0.1) is 0 Å². The molecule has 1 N–H and O–H groups in total. The second kappa shape index (κ2) is 7.26. The van der Waals surface area contributed by atoms with Crippen molar-refractivity contribution in [1.82, 2.24) is 0 Å². The molecule has 0 aliphatic carbocycles. The Balaban J connectivity index is 2.23. The van der Waals surface area contributed by atoms with Crippen LogP contribution < -0.4 is 4.74 Å². The standard InChI is InChI=1S/C17H17NO4/c1-12-7-9-14(10-8-12)22-11-13-5-3-4-6-15(13)16(17(19)20)18-21-2/h3-10H,11H2,1-2H3,(H,19,20). The molecular weight excluding hydrogens is 282 g/mol. The molecule has 2 aromatic rings. The first-order valence-electron chi connectivity index (χ1n) is 6.74. The van der Waals surface area contributed by atoms with E-state index in [0.717, 1.165) is 16.9 Å². The summed E-state index contributed by atoms with van der Waals surface area (Å²) < 4.78 is 5.71. The van der Waals surface area contributed by atoms with Gasteiger partial charge in [0, 0.05) is 5.56 Å². The molecule has 22 heavy (non-hydrogen) atoms. The van der Waals surface area contributed by atoms with Crippen LogP contribution in [0.15, 0.2) is 53.7 Å². The van der Waals surface area contributed by atoms with Crippen LogP contribution >= 0.6 is 0 Å². The summed E-state index contributed by atoms with van der Waals surface area (Å²) in [5.41, 5.74) is 2.20. The van der Waals surface area contributed by atoms with Crippen molar-refractivity contribution in [1.29, 1.82) is 0 Å². The molecule has 0 saturated carbocycles. The minimum atomic E-state index is -1.15. The number of ether oxygens (including phenoxy) is 1. The fourth-order valence-corrected chi connectivity index (χ4v) is 1.97. The summed E-state index contributed by atoms with van der Waals surface area (Å²) in [7, 11) is 1.31. The van der Waals surface area contributed by atoms with Crippen LogP contribution in [0.2, 0.25) is 0 Å². The summed E-state index contributed by atoms with van der Waals surface area (Å²) >= 11 is 0. The van der Waals surface area contributed by atoms with Crippen molar-refractivity contribution in [3.63, 3.8) is 0 Å². The van der Waals surface area contributed by atoms with Gasteiger partial charge in [-0.2, -0.15) is 0 Å². The number of hydrogen-bond donors (Lipinski definition) is 1. The van der Waals surface area contributed by atoms with E-state index in [4.69, 9.17) is 4.74 Å². The minimum absolute atomic E-state index is 0.148. The van der Waals surface area contributed by atoms with E-state index in [1.54, 1.807) is 18.2 Å². The molecule has 0 heterocycles. The summed E-state index contributed by atoms with van der Waals surface area (Å²) in [6.07, 6.45) is 0. The normalized spacial score (nSPS) is 11.1. The average molecular weight is 299 g/mol. The Morgan fingerprint density at radius 1 is 1.14 bits per heavy atom. The predicted octanol–water partition coefficient (Wildman–Crippen LogP) is 3.01. The van der Waals surface area contributed by atoms with E-state index in [-0.39, 0.29) is 12.3 Å². The highest BCUT2D eigenvalue weighted by Crippen LogP contribution is 2.17. The number of benzene rings is 2. The lowest BCUT2D eigenvalue weighted by molar-refractivity contribution is -0.129. The van der Waals surface area contributed by atoms with Crippen LogP contribution in [0.3, 0.4) is 0 Å². The molecule has 5 nitrogen and oxygen atoms in total. The third kappa shape index (κ3) is 3.85. The van der Waals surface area contributed by atoms with Gasteiger partial charge in [0.05, 0.1) is 0 Å². The zero-order valence-electron chi connectivity index (χ0n) is 12.4. The lowest BCUT2D eigenvalue weighted by atomic mass is 10.0. The molecule has 0 atom stereocenters. The van der Waals surface area contributed by atoms with Crippen LogP contribution in [0, 0.1) is 6.92 Å². The maximum absolute atomic E-state index is 11.3. The third-order valence-corrected chi connectivity index (χ3v) is 3.07. The van der Waals surface area contributed by atoms with Gasteiger partial charge in [-0.3, -0.25) is 0 Å². The molecule has 0 aliphatic heterocycles. The van der Waals surface area contributed by atoms with Gasteiger partial charge >= 0.3 is 5.97 Å². The van der Waals surface area contributed by atoms with Gasteiger partial charge in [0.2, 0.25) is 0 Å². The van der Waals surface area contributed by atoms with Crippen molar-refractivity contribution in [2.24, 2.45) is 5.16 Å². The SMILES string of the molecule is CON=C(C(=O)O)c1ccccc1COc1ccc(C)cc1. The van der Waals surface area contributed by atoms with E-state index >= 15 is 0 Å². The second-order valence-electron chi connectivity index (χ2n) is 4.69. The number of carboxylic acids is 1. The lowest BCUT2D eigenvalue weighted by Gasteiger charge is -2.11. The number of nitrogens with zero attached hydrogens (tertiary/aromatic N) is 1. The van der Waals surface area contributed by atoms with Gasteiger partial charge in [0.15, 0.2) is 5.71 Å². The number of oxime groups is 1. The Bertz CT molecular complexity index is 677. The molecule has 0 aliphatic rings. The number of carboxylic acid groups (broad SMARTS) is 1. The maximum Gasteiger partial charge on any atom is 0.358 e. The molecule has 0 amide bonds. The summed E-state index contributed by atoms with van der Waals surface area (Å²) in [5, 5.41) is 12.8. The monoisotopic (exact) mass is 299 g/mol. The molecule has 114 valence electrons. The van der Waals surface area contributed by atoms with Crippen LogP contribution in [-0.4, -0.2) is 23.9 Å². The fraction of sp³-hybridized carbons (Fsp3) is 0.176. The van der Waals surface area contributed by atoms with E-state index in [2.05, 4.69) is 9.99 Å². The van der Waals surface area contributed by atoms with E-state index < -0.39 is 5.97 Å². The lowest BCUT2D eigenvalue weighted by Crippen LogP contribution is -2.17. The topological polar surface area (TPSA) is 68.1 Å². The molecule has 0 radical (unpaired) electrons. The third-order valence-electron chi connectivity index (χ3n) is 3.07. The highest BCUT2D eigenvalue weighted by molar-refractivity contribution is 6.42. The zero-order valence-corrected chi connectivity index (χ0v) is 12.4. The van der Waals surface area contributed by atoms with Crippen molar-refractivity contribution >= 4 is 11.7 Å². The molecule has 2 rings (SSSR count). The largest absolute Gasteiger partial charge is 0.489 e. The van der Waals surface area contributed by atoms with Crippen molar-refractivity contribution < 1.29 is 19.5 Å². The van der Waals surface area contributed by atoms with Gasteiger partial charge in [0.25, 0.3) is 0 Å². The molecule has 0 saturated heterocycles. The average Bonchev–Trinajstić information content (AvgIpc) is 2.52. The van der Waals surface area contributed by atoms with Gasteiger partial charge in [0.1, 0.15) is 19.5 Å². The first-order chi connectivity index (χ1) is 10.6. The molecule has 0 fully saturated rings. The minimum Gasteiger partial charge on any atom is -0.489 e. The van der Waals surface area contributed by atoms with E-state index in [1.807, 2.05) is 37.3 Å². The van der Waals surface area contributed by atoms with E-state index in [9.17, 15) is 9.90 Å². The first kappa shape index (κ1) is 15.6. The number of aryl methyl sites for hydroxylation is 1.